The van der Waals surface area contributed by atoms with Crippen molar-refractivity contribution in [1.29, 1.82) is 0 Å². The number of hydrogen-bond donors (Lipinski definition) is 1. The maximum absolute atomic E-state index is 12.4. The number of fused-ring (bicyclic) bond motifs is 1. The Bertz CT molecular complexity index is 791. The minimum absolute atomic E-state index is 0. The Morgan fingerprint density at radius 3 is 2.78 bits per heavy atom. The van der Waals surface area contributed by atoms with Gasteiger partial charge in [-0.25, -0.2) is 4.68 Å². The Balaban J connectivity index is 0.00000192. The van der Waals surface area contributed by atoms with Crippen molar-refractivity contribution >= 4 is 45.1 Å². The number of hydrogen-bond acceptors (Lipinski definition) is 6. The van der Waals surface area contributed by atoms with Crippen LogP contribution in [-0.4, -0.2) is 42.1 Å². The third-order valence-corrected chi connectivity index (χ3v) is 3.91. The number of aromatic nitrogens is 2. The number of nitrogens with one attached hydrogen (secondary N) is 1. The molecule has 1 aliphatic rings. The molecular weight excluding hydrogens is 390 g/mol. The van der Waals surface area contributed by atoms with Crippen LogP contribution in [0.3, 0.4) is 0 Å². The fourth-order valence-corrected chi connectivity index (χ4v) is 2.47. The molecule has 124 valence electrons. The smallest absolute Gasteiger partial charge is 0.327 e. The molecule has 0 atom stereocenters. The van der Waals surface area contributed by atoms with Crippen LogP contribution in [0.2, 0.25) is 0 Å². The summed E-state index contributed by atoms with van der Waals surface area (Å²) in [6.07, 6.45) is 0.0127. The van der Waals surface area contributed by atoms with Crippen molar-refractivity contribution in [3.05, 3.63) is 33.0 Å². The lowest BCUT2D eigenvalue weighted by atomic mass is 10.2. The number of carbonyl (C=O) groups is 1. The van der Waals surface area contributed by atoms with Gasteiger partial charge in [0.1, 0.15) is 12.6 Å². The Kier molecular flexibility index (Phi) is 5.61. The highest BCUT2D eigenvalue weighted by Gasteiger charge is 2.22. The average molecular weight is 405 g/mol. The Hall–Kier alpha value is -1.64. The summed E-state index contributed by atoms with van der Waals surface area (Å²) < 4.78 is 12.3. The molecule has 1 fully saturated rings. The zero-order chi connectivity index (χ0) is 15.7. The van der Waals surface area contributed by atoms with Crippen molar-refractivity contribution in [3.63, 3.8) is 0 Å². The van der Waals surface area contributed by atoms with E-state index in [-0.39, 0.29) is 30.6 Å². The van der Waals surface area contributed by atoms with E-state index in [0.29, 0.717) is 16.7 Å². The first kappa shape index (κ1) is 17.7. The van der Waals surface area contributed by atoms with Crippen molar-refractivity contribution in [1.82, 2.24) is 15.1 Å². The summed E-state index contributed by atoms with van der Waals surface area (Å²) in [5, 5.41) is 8.35. The van der Waals surface area contributed by atoms with Gasteiger partial charge in [-0.15, -0.1) is 17.5 Å². The van der Waals surface area contributed by atoms with Crippen molar-refractivity contribution in [2.75, 3.05) is 20.2 Å². The Morgan fingerprint density at radius 1 is 1.43 bits per heavy atom. The molecule has 2 aromatic rings. The molecule has 3 rings (SSSR count). The van der Waals surface area contributed by atoms with E-state index in [4.69, 9.17) is 4.74 Å². The molecule has 1 saturated heterocycles. The van der Waals surface area contributed by atoms with Gasteiger partial charge in [0.25, 0.3) is 5.56 Å². The second kappa shape index (κ2) is 7.29. The van der Waals surface area contributed by atoms with Crippen molar-refractivity contribution in [2.24, 2.45) is 0 Å². The average Bonchev–Trinajstić information content (AvgIpc) is 2.46. The van der Waals surface area contributed by atoms with Crippen molar-refractivity contribution < 1.29 is 14.3 Å². The van der Waals surface area contributed by atoms with Gasteiger partial charge in [-0.1, -0.05) is 15.9 Å². The van der Waals surface area contributed by atoms with Crippen LogP contribution in [0, 0.1) is 0 Å². The summed E-state index contributed by atoms with van der Waals surface area (Å²) in [5.74, 6) is -0.200. The zero-order valence-electron chi connectivity index (χ0n) is 12.2. The summed E-state index contributed by atoms with van der Waals surface area (Å²) in [5.41, 5.74) is -0.355. The maximum atomic E-state index is 12.4. The summed E-state index contributed by atoms with van der Waals surface area (Å²) in [4.78, 5) is 23.9. The van der Waals surface area contributed by atoms with Crippen LogP contribution in [-0.2, 0) is 16.1 Å². The highest BCUT2D eigenvalue weighted by molar-refractivity contribution is 9.10. The summed E-state index contributed by atoms with van der Waals surface area (Å²) >= 11 is 3.38. The van der Waals surface area contributed by atoms with E-state index in [9.17, 15) is 9.59 Å². The van der Waals surface area contributed by atoms with Crippen molar-refractivity contribution in [2.45, 2.75) is 12.6 Å². The molecule has 1 aromatic carbocycles. The van der Waals surface area contributed by atoms with E-state index < -0.39 is 5.97 Å². The normalized spacial score (nSPS) is 14.0. The first-order valence-electron chi connectivity index (χ1n) is 6.73. The summed E-state index contributed by atoms with van der Waals surface area (Å²) in [7, 11) is 1.27. The number of nitrogens with zero attached hydrogens (tertiary/aromatic N) is 2. The Morgan fingerprint density at radius 2 is 2.17 bits per heavy atom. The van der Waals surface area contributed by atoms with Crippen LogP contribution >= 0.6 is 28.3 Å². The van der Waals surface area contributed by atoms with Crippen LogP contribution in [0.25, 0.3) is 10.8 Å². The van der Waals surface area contributed by atoms with Crippen LogP contribution in [0.4, 0.5) is 0 Å². The van der Waals surface area contributed by atoms with E-state index in [0.717, 1.165) is 22.2 Å². The standard InChI is InChI=1S/C14H14BrN3O4.ClH/c1-21-12(19)7-18-14(20)10-3-2-8(15)4-11(10)13(17-18)22-9-5-16-6-9;/h2-4,9,16H,5-7H2,1H3;1H. The van der Waals surface area contributed by atoms with E-state index in [1.807, 2.05) is 0 Å². The third kappa shape index (κ3) is 3.65. The molecule has 1 N–H and O–H groups in total. The number of halogens is 2. The van der Waals surface area contributed by atoms with Gasteiger partial charge in [-0.3, -0.25) is 9.59 Å². The number of ether oxygens (including phenoxy) is 2. The SMILES string of the molecule is COC(=O)Cn1nc(OC2CNC2)c2cc(Br)ccc2c1=O.Cl. The molecule has 0 saturated carbocycles. The lowest BCUT2D eigenvalue weighted by Crippen LogP contribution is -2.50. The molecule has 23 heavy (non-hydrogen) atoms. The quantitative estimate of drug-likeness (QED) is 0.769. The van der Waals surface area contributed by atoms with E-state index >= 15 is 0 Å². The molecule has 0 unspecified atom stereocenters. The van der Waals surface area contributed by atoms with Gasteiger partial charge in [0, 0.05) is 17.6 Å². The number of methoxy groups -OCH3 is 1. The molecule has 1 aliphatic heterocycles. The number of rotatable bonds is 4. The van der Waals surface area contributed by atoms with Gasteiger partial charge >= 0.3 is 5.97 Å². The largest absolute Gasteiger partial charge is 0.470 e. The molecule has 0 spiro atoms. The lowest BCUT2D eigenvalue weighted by molar-refractivity contribution is -0.141. The van der Waals surface area contributed by atoms with Gasteiger partial charge in [-0.2, -0.15) is 0 Å². The van der Waals surface area contributed by atoms with Crippen molar-refractivity contribution in [3.8, 4) is 5.88 Å². The predicted molar refractivity (Wildman–Crippen MR) is 90.3 cm³/mol. The first-order valence-corrected chi connectivity index (χ1v) is 7.52. The summed E-state index contributed by atoms with van der Waals surface area (Å²) in [6.45, 7) is 1.21. The van der Waals surface area contributed by atoms with Crippen LogP contribution in [0.1, 0.15) is 0 Å². The monoisotopic (exact) mass is 403 g/mol. The van der Waals surface area contributed by atoms with Gasteiger partial charge in [-0.05, 0) is 18.2 Å². The van der Waals surface area contributed by atoms with E-state index in [1.54, 1.807) is 18.2 Å². The molecule has 2 heterocycles. The van der Waals surface area contributed by atoms with Crippen LogP contribution in [0.5, 0.6) is 5.88 Å². The molecule has 7 nitrogen and oxygen atoms in total. The third-order valence-electron chi connectivity index (χ3n) is 3.42. The molecular formula is C14H15BrClN3O4. The second-order valence-electron chi connectivity index (χ2n) is 4.93. The van der Waals surface area contributed by atoms with Gasteiger partial charge < -0.3 is 14.8 Å². The minimum Gasteiger partial charge on any atom is -0.470 e. The molecule has 0 radical (unpaired) electrons. The fourth-order valence-electron chi connectivity index (χ4n) is 2.11. The zero-order valence-corrected chi connectivity index (χ0v) is 14.6. The number of esters is 1. The number of benzene rings is 1. The molecule has 0 aliphatic carbocycles. The highest BCUT2D eigenvalue weighted by atomic mass is 79.9. The molecule has 0 bridgehead atoms. The number of carbonyl (C=O) groups excluding carboxylic acids is 1. The van der Waals surface area contributed by atoms with Gasteiger partial charge in [0.05, 0.1) is 17.9 Å². The van der Waals surface area contributed by atoms with Crippen LogP contribution < -0.4 is 15.6 Å². The predicted octanol–water partition coefficient (Wildman–Crippen LogP) is 1.10. The highest BCUT2D eigenvalue weighted by Crippen LogP contribution is 2.25. The topological polar surface area (TPSA) is 82.5 Å². The minimum atomic E-state index is -0.540. The first-order chi connectivity index (χ1) is 10.6. The summed E-state index contributed by atoms with van der Waals surface area (Å²) in [6, 6.07) is 5.23. The maximum Gasteiger partial charge on any atom is 0.327 e. The second-order valence-corrected chi connectivity index (χ2v) is 5.85. The lowest BCUT2D eigenvalue weighted by Gasteiger charge is -2.27. The van der Waals surface area contributed by atoms with Crippen LogP contribution in [0.15, 0.2) is 27.5 Å². The fraction of sp³-hybridized carbons (Fsp3) is 0.357. The van der Waals surface area contributed by atoms with Gasteiger partial charge in [0.15, 0.2) is 0 Å². The molecule has 9 heteroatoms. The molecule has 0 amide bonds. The van der Waals surface area contributed by atoms with Gasteiger partial charge in [0.2, 0.25) is 5.88 Å². The van der Waals surface area contributed by atoms with E-state index in [1.165, 1.54) is 7.11 Å². The molecule has 1 aromatic heterocycles. The van der Waals surface area contributed by atoms with E-state index in [2.05, 4.69) is 31.1 Å². The Labute approximate surface area is 146 Å².